The summed E-state index contributed by atoms with van der Waals surface area (Å²) in [5.74, 6) is -0.0529. The lowest BCUT2D eigenvalue weighted by molar-refractivity contribution is -0.121. The SMILES string of the molecule is C=CCN1C(=O)/C(=C/c2cccnc2)SC1=Nc1ccc(C)cc1O. The normalized spacial score (nSPS) is 17.5. The molecule has 1 aromatic carbocycles. The predicted molar refractivity (Wildman–Crippen MR) is 102 cm³/mol. The minimum Gasteiger partial charge on any atom is -0.506 e. The summed E-state index contributed by atoms with van der Waals surface area (Å²) in [5.41, 5.74) is 2.21. The smallest absolute Gasteiger partial charge is 0.267 e. The molecule has 6 heteroatoms. The van der Waals surface area contributed by atoms with Gasteiger partial charge in [-0.05, 0) is 54.1 Å². The fourth-order valence-electron chi connectivity index (χ4n) is 2.33. The second-order valence-electron chi connectivity index (χ2n) is 5.49. The van der Waals surface area contributed by atoms with Gasteiger partial charge < -0.3 is 5.11 Å². The van der Waals surface area contributed by atoms with Crippen molar-refractivity contribution in [2.24, 2.45) is 4.99 Å². The van der Waals surface area contributed by atoms with Crippen LogP contribution in [0.1, 0.15) is 11.1 Å². The van der Waals surface area contributed by atoms with E-state index in [1.807, 2.05) is 25.1 Å². The van der Waals surface area contributed by atoms with Crippen LogP contribution in [0.2, 0.25) is 0 Å². The second-order valence-corrected chi connectivity index (χ2v) is 6.50. The lowest BCUT2D eigenvalue weighted by Crippen LogP contribution is -2.29. The van der Waals surface area contributed by atoms with Gasteiger partial charge in [-0.3, -0.25) is 14.7 Å². The number of amidine groups is 1. The molecule has 2 aromatic rings. The maximum atomic E-state index is 12.7. The summed E-state index contributed by atoms with van der Waals surface area (Å²) in [4.78, 5) is 23.3. The number of carbonyl (C=O) groups excluding carboxylic acids is 1. The molecular formula is C19H17N3O2S. The molecule has 126 valence electrons. The van der Waals surface area contributed by atoms with Gasteiger partial charge in [-0.25, -0.2) is 4.99 Å². The van der Waals surface area contributed by atoms with Gasteiger partial charge in [0.1, 0.15) is 11.4 Å². The summed E-state index contributed by atoms with van der Waals surface area (Å²) in [6.45, 7) is 5.94. The van der Waals surface area contributed by atoms with Gasteiger partial charge in [-0.15, -0.1) is 6.58 Å². The first kappa shape index (κ1) is 17.0. The number of phenols is 1. The van der Waals surface area contributed by atoms with Gasteiger partial charge in [0.05, 0.1) is 4.91 Å². The van der Waals surface area contributed by atoms with Crippen LogP contribution in [-0.2, 0) is 4.79 Å². The third-order valence-electron chi connectivity index (χ3n) is 3.53. The molecule has 5 nitrogen and oxygen atoms in total. The molecule has 0 spiro atoms. The standard InChI is InChI=1S/C19H17N3O2S/c1-3-9-22-18(24)17(11-14-5-4-8-20-12-14)25-19(22)21-15-7-6-13(2)10-16(15)23/h3-8,10-12,23H,1,9H2,2H3/b17-11-,21-19?. The number of amides is 1. The molecule has 1 fully saturated rings. The molecule has 0 bridgehead atoms. The number of hydrogen-bond donors (Lipinski definition) is 1. The highest BCUT2D eigenvalue weighted by Gasteiger charge is 2.32. The molecule has 1 saturated heterocycles. The van der Waals surface area contributed by atoms with Gasteiger partial charge in [0.15, 0.2) is 5.17 Å². The zero-order chi connectivity index (χ0) is 17.8. The lowest BCUT2D eigenvalue weighted by Gasteiger charge is -2.12. The van der Waals surface area contributed by atoms with Crippen LogP contribution in [0.4, 0.5) is 5.69 Å². The monoisotopic (exact) mass is 351 g/mol. The largest absolute Gasteiger partial charge is 0.506 e. The number of hydrogen-bond acceptors (Lipinski definition) is 5. The molecule has 1 amide bonds. The molecular weight excluding hydrogens is 334 g/mol. The fraction of sp³-hybridized carbons (Fsp3) is 0.105. The van der Waals surface area contributed by atoms with Crippen LogP contribution in [-0.4, -0.2) is 32.6 Å². The molecule has 2 heterocycles. The van der Waals surface area contributed by atoms with Gasteiger partial charge in [0.2, 0.25) is 0 Å². The first-order valence-electron chi connectivity index (χ1n) is 7.69. The molecule has 3 rings (SSSR count). The van der Waals surface area contributed by atoms with Crippen LogP contribution in [0, 0.1) is 6.92 Å². The third kappa shape index (κ3) is 3.80. The molecule has 0 radical (unpaired) electrons. The number of pyridine rings is 1. The van der Waals surface area contributed by atoms with E-state index in [-0.39, 0.29) is 11.7 Å². The number of aromatic hydroxyl groups is 1. The quantitative estimate of drug-likeness (QED) is 0.670. The van der Waals surface area contributed by atoms with Crippen molar-refractivity contribution in [3.8, 4) is 5.75 Å². The van der Waals surface area contributed by atoms with Gasteiger partial charge in [-0.2, -0.15) is 0 Å². The van der Waals surface area contributed by atoms with Crippen LogP contribution in [0.3, 0.4) is 0 Å². The van der Waals surface area contributed by atoms with E-state index >= 15 is 0 Å². The number of nitrogens with zero attached hydrogens (tertiary/aromatic N) is 3. The summed E-state index contributed by atoms with van der Waals surface area (Å²) >= 11 is 1.27. The Balaban J connectivity index is 1.98. The molecule has 1 aliphatic heterocycles. The number of rotatable bonds is 4. The lowest BCUT2D eigenvalue weighted by atomic mass is 10.2. The van der Waals surface area contributed by atoms with Crippen LogP contribution >= 0.6 is 11.8 Å². The van der Waals surface area contributed by atoms with Crippen molar-refractivity contribution in [1.82, 2.24) is 9.88 Å². The van der Waals surface area contributed by atoms with Crippen LogP contribution in [0.25, 0.3) is 6.08 Å². The van der Waals surface area contributed by atoms with Crippen molar-refractivity contribution in [2.45, 2.75) is 6.92 Å². The Morgan fingerprint density at radius 3 is 2.92 bits per heavy atom. The second kappa shape index (κ2) is 7.36. The Hall–Kier alpha value is -2.86. The average Bonchev–Trinajstić information content (AvgIpc) is 2.88. The van der Waals surface area contributed by atoms with E-state index in [9.17, 15) is 9.90 Å². The number of aromatic nitrogens is 1. The summed E-state index contributed by atoms with van der Waals surface area (Å²) in [7, 11) is 0. The van der Waals surface area contributed by atoms with Crippen molar-refractivity contribution in [3.63, 3.8) is 0 Å². The van der Waals surface area contributed by atoms with Crippen LogP contribution in [0.5, 0.6) is 5.75 Å². The zero-order valence-corrected chi connectivity index (χ0v) is 14.5. The van der Waals surface area contributed by atoms with E-state index in [4.69, 9.17) is 0 Å². The van der Waals surface area contributed by atoms with E-state index < -0.39 is 0 Å². The fourth-order valence-corrected chi connectivity index (χ4v) is 3.33. The first-order chi connectivity index (χ1) is 12.1. The molecule has 0 unspecified atom stereocenters. The first-order valence-corrected chi connectivity index (χ1v) is 8.51. The van der Waals surface area contributed by atoms with Crippen molar-refractivity contribution < 1.29 is 9.90 Å². The minimum atomic E-state index is -0.140. The molecule has 1 aromatic heterocycles. The van der Waals surface area contributed by atoms with E-state index in [2.05, 4.69) is 16.6 Å². The molecule has 1 aliphatic rings. The Morgan fingerprint density at radius 1 is 1.40 bits per heavy atom. The third-order valence-corrected chi connectivity index (χ3v) is 4.54. The Kier molecular flexibility index (Phi) is 5.00. The molecule has 0 saturated carbocycles. The number of aryl methyl sites for hydroxylation is 1. The maximum Gasteiger partial charge on any atom is 0.267 e. The van der Waals surface area contributed by atoms with E-state index in [1.54, 1.807) is 41.6 Å². The molecule has 0 atom stereocenters. The topological polar surface area (TPSA) is 65.8 Å². The molecule has 25 heavy (non-hydrogen) atoms. The van der Waals surface area contributed by atoms with Crippen LogP contribution in [0.15, 0.2) is 65.3 Å². The van der Waals surface area contributed by atoms with E-state index in [0.717, 1.165) is 11.1 Å². The number of thioether (sulfide) groups is 1. The van der Waals surface area contributed by atoms with Crippen molar-refractivity contribution in [3.05, 3.63) is 71.4 Å². The van der Waals surface area contributed by atoms with Crippen LogP contribution < -0.4 is 0 Å². The maximum absolute atomic E-state index is 12.7. The molecule has 1 N–H and O–H groups in total. The highest BCUT2D eigenvalue weighted by Crippen LogP contribution is 2.36. The summed E-state index contributed by atoms with van der Waals surface area (Å²) in [6.07, 6.45) is 6.81. The number of benzene rings is 1. The highest BCUT2D eigenvalue weighted by atomic mass is 32.2. The Labute approximate surface area is 150 Å². The van der Waals surface area contributed by atoms with Gasteiger partial charge in [-0.1, -0.05) is 18.2 Å². The Morgan fingerprint density at radius 2 is 2.24 bits per heavy atom. The van der Waals surface area contributed by atoms with E-state index in [1.165, 1.54) is 11.8 Å². The highest BCUT2D eigenvalue weighted by molar-refractivity contribution is 8.18. The van der Waals surface area contributed by atoms with Gasteiger partial charge >= 0.3 is 0 Å². The van der Waals surface area contributed by atoms with E-state index in [0.29, 0.717) is 22.3 Å². The Bertz CT molecular complexity index is 875. The van der Waals surface area contributed by atoms with Crippen molar-refractivity contribution >= 4 is 34.6 Å². The van der Waals surface area contributed by atoms with Gasteiger partial charge in [0.25, 0.3) is 5.91 Å². The summed E-state index contributed by atoms with van der Waals surface area (Å²) in [6, 6.07) is 8.94. The minimum absolute atomic E-state index is 0.0868. The average molecular weight is 351 g/mol. The van der Waals surface area contributed by atoms with Crippen molar-refractivity contribution in [2.75, 3.05) is 6.54 Å². The predicted octanol–water partition coefficient (Wildman–Crippen LogP) is 3.89. The summed E-state index contributed by atoms with van der Waals surface area (Å²) < 4.78 is 0. The zero-order valence-electron chi connectivity index (χ0n) is 13.7. The van der Waals surface area contributed by atoms with Crippen molar-refractivity contribution in [1.29, 1.82) is 0 Å². The molecule has 0 aliphatic carbocycles. The van der Waals surface area contributed by atoms with Gasteiger partial charge in [0, 0.05) is 18.9 Å². The summed E-state index contributed by atoms with van der Waals surface area (Å²) in [5, 5.41) is 10.6. The number of carbonyl (C=O) groups is 1. The number of aliphatic imine (C=N–C) groups is 1. The number of phenolic OH excluding ortho intramolecular Hbond substituents is 1.